The lowest BCUT2D eigenvalue weighted by atomic mass is 10.2. The van der Waals surface area contributed by atoms with Crippen molar-refractivity contribution in [2.75, 3.05) is 6.61 Å². The zero-order valence-electron chi connectivity index (χ0n) is 11.8. The molecule has 2 aromatic rings. The molecule has 0 aromatic carbocycles. The molecular formula is C15H13N3O2S2. The van der Waals surface area contributed by atoms with Gasteiger partial charge in [0.2, 0.25) is 0 Å². The number of pyridine rings is 2. The van der Waals surface area contributed by atoms with Crippen LogP contribution in [0.3, 0.4) is 0 Å². The van der Waals surface area contributed by atoms with Gasteiger partial charge in [0.05, 0.1) is 12.3 Å². The van der Waals surface area contributed by atoms with E-state index in [0.717, 1.165) is 21.2 Å². The molecule has 0 spiro atoms. The Morgan fingerprint density at radius 1 is 1.23 bits per heavy atom. The number of amides is 1. The molecule has 2 aliphatic rings. The van der Waals surface area contributed by atoms with E-state index in [9.17, 15) is 4.79 Å². The Bertz CT molecular complexity index is 687. The first-order chi connectivity index (χ1) is 10.8. The van der Waals surface area contributed by atoms with Gasteiger partial charge in [-0.25, -0.2) is 9.78 Å². The second-order valence-electron chi connectivity index (χ2n) is 4.83. The molecule has 0 unspecified atom stereocenters. The number of fused-ring (bicyclic) bond motifs is 6. The molecule has 4 heterocycles. The number of ether oxygens (including phenoxy) is 1. The number of rotatable bonds is 1. The molecule has 5 nitrogen and oxygen atoms in total. The maximum atomic E-state index is 12.5. The summed E-state index contributed by atoms with van der Waals surface area (Å²) in [6, 6.07) is 7.91. The molecule has 4 rings (SSSR count). The molecule has 2 aromatic heterocycles. The van der Waals surface area contributed by atoms with Crippen LogP contribution >= 0.6 is 23.5 Å². The van der Waals surface area contributed by atoms with Gasteiger partial charge in [-0.05, 0) is 25.1 Å². The van der Waals surface area contributed by atoms with Crippen molar-refractivity contribution in [2.45, 2.75) is 27.6 Å². The summed E-state index contributed by atoms with van der Waals surface area (Å²) < 4.78 is 5.26. The number of hydrogen-bond donors (Lipinski definition) is 0. The minimum Gasteiger partial charge on any atom is -0.450 e. The molecule has 0 radical (unpaired) electrons. The highest BCUT2D eigenvalue weighted by Crippen LogP contribution is 2.59. The third-order valence-electron chi connectivity index (χ3n) is 3.55. The molecule has 1 amide bonds. The van der Waals surface area contributed by atoms with E-state index < -0.39 is 0 Å². The quantitative estimate of drug-likeness (QED) is 0.791. The molecular weight excluding hydrogens is 318 g/mol. The number of nitrogens with zero attached hydrogens (tertiary/aromatic N) is 3. The predicted molar refractivity (Wildman–Crippen MR) is 84.5 cm³/mol. The van der Waals surface area contributed by atoms with Crippen LogP contribution in [0.15, 0.2) is 46.6 Å². The smallest absolute Gasteiger partial charge is 0.412 e. The van der Waals surface area contributed by atoms with E-state index in [-0.39, 0.29) is 16.8 Å². The fraction of sp³-hybridized carbons (Fsp3) is 0.267. The van der Waals surface area contributed by atoms with Gasteiger partial charge < -0.3 is 4.74 Å². The van der Waals surface area contributed by atoms with Crippen LogP contribution in [-0.2, 0) is 4.74 Å². The van der Waals surface area contributed by atoms with Crippen molar-refractivity contribution in [2.24, 2.45) is 0 Å². The highest BCUT2D eigenvalue weighted by molar-refractivity contribution is 8.01. The van der Waals surface area contributed by atoms with E-state index in [1.165, 1.54) is 0 Å². The highest BCUT2D eigenvalue weighted by atomic mass is 32.2. The second-order valence-corrected chi connectivity index (χ2v) is 7.02. The van der Waals surface area contributed by atoms with E-state index in [2.05, 4.69) is 16.0 Å². The summed E-state index contributed by atoms with van der Waals surface area (Å²) in [7, 11) is 0. The van der Waals surface area contributed by atoms with Crippen molar-refractivity contribution >= 4 is 29.6 Å². The first-order valence-corrected chi connectivity index (χ1v) is 8.73. The van der Waals surface area contributed by atoms with Gasteiger partial charge >= 0.3 is 6.09 Å². The second kappa shape index (κ2) is 5.48. The van der Waals surface area contributed by atoms with Gasteiger partial charge in [-0.15, -0.1) is 0 Å². The lowest BCUT2D eigenvalue weighted by Gasteiger charge is -2.44. The Morgan fingerprint density at radius 3 is 2.91 bits per heavy atom. The molecule has 112 valence electrons. The average Bonchev–Trinajstić information content (AvgIpc) is 2.55. The van der Waals surface area contributed by atoms with Gasteiger partial charge in [0.25, 0.3) is 0 Å². The minimum absolute atomic E-state index is 0.120. The lowest BCUT2D eigenvalue weighted by molar-refractivity contribution is 0.0950. The zero-order valence-corrected chi connectivity index (χ0v) is 13.4. The van der Waals surface area contributed by atoms with E-state index in [4.69, 9.17) is 4.74 Å². The molecule has 2 bridgehead atoms. The third kappa shape index (κ3) is 2.07. The number of carbonyl (C=O) groups is 1. The normalized spacial score (nSPS) is 21.8. The van der Waals surface area contributed by atoms with E-state index >= 15 is 0 Å². The van der Waals surface area contributed by atoms with Gasteiger partial charge in [0.15, 0.2) is 0 Å². The molecule has 0 fully saturated rings. The van der Waals surface area contributed by atoms with Crippen molar-refractivity contribution in [1.29, 1.82) is 0 Å². The summed E-state index contributed by atoms with van der Waals surface area (Å²) in [5, 5.41) is 0.649. The fourth-order valence-electron chi connectivity index (χ4n) is 2.63. The van der Waals surface area contributed by atoms with Crippen LogP contribution < -0.4 is 0 Å². The summed E-state index contributed by atoms with van der Waals surface area (Å²) in [6.07, 6.45) is 3.24. The van der Waals surface area contributed by atoms with Gasteiger partial charge in [-0.1, -0.05) is 29.6 Å². The molecule has 22 heavy (non-hydrogen) atoms. The molecule has 2 aliphatic heterocycles. The van der Waals surface area contributed by atoms with Gasteiger partial charge in [0.1, 0.15) is 15.8 Å². The Morgan fingerprint density at radius 2 is 2.05 bits per heavy atom. The first-order valence-electron chi connectivity index (χ1n) is 6.98. The number of thioether (sulfide) groups is 2. The number of aromatic nitrogens is 2. The van der Waals surface area contributed by atoms with E-state index in [0.29, 0.717) is 6.61 Å². The summed E-state index contributed by atoms with van der Waals surface area (Å²) in [5.41, 5.74) is 1.95. The monoisotopic (exact) mass is 331 g/mol. The van der Waals surface area contributed by atoms with Gasteiger partial charge in [-0.3, -0.25) is 9.88 Å². The Balaban J connectivity index is 1.85. The molecule has 0 aliphatic carbocycles. The molecule has 7 heteroatoms. The van der Waals surface area contributed by atoms with Crippen LogP contribution in [0.25, 0.3) is 0 Å². The maximum absolute atomic E-state index is 12.5. The average molecular weight is 331 g/mol. The highest BCUT2D eigenvalue weighted by Gasteiger charge is 2.46. The maximum Gasteiger partial charge on any atom is 0.412 e. The van der Waals surface area contributed by atoms with Crippen LogP contribution in [0.1, 0.15) is 28.9 Å². The summed E-state index contributed by atoms with van der Waals surface area (Å²) >= 11 is 3.18. The third-order valence-corrected chi connectivity index (χ3v) is 6.09. The molecule has 0 N–H and O–H groups in total. The standard InChI is InChI=1S/C15H13N3O2S2/c1-2-20-15(19)18-13-9-5-3-8-17-12(9)22-14(18)11-10(21-13)6-4-7-16-11/h3-8,13-14H,2H2,1H3/t13-,14+/m0/s1. The van der Waals surface area contributed by atoms with Crippen LogP contribution in [-0.4, -0.2) is 27.6 Å². The van der Waals surface area contributed by atoms with Crippen molar-refractivity contribution in [3.05, 3.63) is 47.9 Å². The van der Waals surface area contributed by atoms with E-state index in [1.807, 2.05) is 25.1 Å². The van der Waals surface area contributed by atoms with Crippen molar-refractivity contribution in [3.63, 3.8) is 0 Å². The van der Waals surface area contributed by atoms with Crippen molar-refractivity contribution < 1.29 is 9.53 Å². The zero-order chi connectivity index (χ0) is 15.1. The molecule has 2 atom stereocenters. The van der Waals surface area contributed by atoms with Gasteiger partial charge in [-0.2, -0.15) is 0 Å². The Labute approximate surface area is 136 Å². The fourth-order valence-corrected chi connectivity index (χ4v) is 5.45. The largest absolute Gasteiger partial charge is 0.450 e. The van der Waals surface area contributed by atoms with Crippen LogP contribution in [0.2, 0.25) is 0 Å². The number of hydrogen-bond acceptors (Lipinski definition) is 6. The lowest BCUT2D eigenvalue weighted by Crippen LogP contribution is -2.41. The summed E-state index contributed by atoms with van der Waals surface area (Å²) in [4.78, 5) is 24.3. The molecule has 0 saturated heterocycles. The predicted octanol–water partition coefficient (Wildman–Crippen LogP) is 3.84. The van der Waals surface area contributed by atoms with E-state index in [1.54, 1.807) is 40.8 Å². The van der Waals surface area contributed by atoms with Crippen LogP contribution in [0.5, 0.6) is 0 Å². The Hall–Kier alpha value is -1.73. The van der Waals surface area contributed by atoms with Gasteiger partial charge in [0, 0.05) is 22.9 Å². The summed E-state index contributed by atoms with van der Waals surface area (Å²) in [5.74, 6) is 0. The summed E-state index contributed by atoms with van der Waals surface area (Å²) in [6.45, 7) is 2.18. The topological polar surface area (TPSA) is 55.3 Å². The molecule has 0 saturated carbocycles. The van der Waals surface area contributed by atoms with Crippen molar-refractivity contribution in [3.8, 4) is 0 Å². The first kappa shape index (κ1) is 13.9. The van der Waals surface area contributed by atoms with Crippen LogP contribution in [0, 0.1) is 0 Å². The number of carbonyl (C=O) groups excluding carboxylic acids is 1. The van der Waals surface area contributed by atoms with Crippen LogP contribution in [0.4, 0.5) is 4.79 Å². The Kier molecular flexibility index (Phi) is 3.46. The van der Waals surface area contributed by atoms with Crippen molar-refractivity contribution in [1.82, 2.24) is 14.9 Å². The minimum atomic E-state index is -0.302. The SMILES string of the molecule is CCOC(=O)N1[C@@H]2Sc3ncccc3[C@@H]1Sc1cccnc12.